The number of rotatable bonds is 8. The Morgan fingerprint density at radius 3 is 2.62 bits per heavy atom. The van der Waals surface area contributed by atoms with Crippen LogP contribution in [0.3, 0.4) is 0 Å². The molecule has 0 unspecified atom stereocenters. The van der Waals surface area contributed by atoms with Crippen LogP contribution in [0.5, 0.6) is 11.5 Å². The van der Waals surface area contributed by atoms with Gasteiger partial charge in [-0.3, -0.25) is 4.79 Å². The Hall–Kier alpha value is -1.80. The van der Waals surface area contributed by atoms with Gasteiger partial charge in [0.05, 0.1) is 24.5 Å². The van der Waals surface area contributed by atoms with Gasteiger partial charge < -0.3 is 9.47 Å². The number of amides is 1. The molecular formula is C19H20ClIN2O3. The SMILES string of the molecule is CCCOc1c(Cl)cc(/C=N\NC(=O)c2ccc(I)cc2)cc1OCC. The van der Waals surface area contributed by atoms with Gasteiger partial charge in [-0.05, 0) is 77.9 Å². The largest absolute Gasteiger partial charge is 0.490 e. The first-order valence-corrected chi connectivity index (χ1v) is 9.69. The fourth-order valence-corrected chi connectivity index (χ4v) is 2.73. The van der Waals surface area contributed by atoms with E-state index in [4.69, 9.17) is 21.1 Å². The highest BCUT2D eigenvalue weighted by Crippen LogP contribution is 2.36. The van der Waals surface area contributed by atoms with Crippen molar-refractivity contribution >= 4 is 46.3 Å². The summed E-state index contributed by atoms with van der Waals surface area (Å²) in [6.07, 6.45) is 2.39. The van der Waals surface area contributed by atoms with Gasteiger partial charge in [-0.15, -0.1) is 0 Å². The topological polar surface area (TPSA) is 59.9 Å². The monoisotopic (exact) mass is 486 g/mol. The highest BCUT2D eigenvalue weighted by molar-refractivity contribution is 14.1. The number of carbonyl (C=O) groups excluding carboxylic acids is 1. The number of carbonyl (C=O) groups is 1. The van der Waals surface area contributed by atoms with E-state index in [1.165, 1.54) is 6.21 Å². The molecule has 2 aromatic rings. The normalized spacial score (nSPS) is 10.8. The third-order valence-corrected chi connectivity index (χ3v) is 4.27. The first-order valence-electron chi connectivity index (χ1n) is 8.23. The number of ether oxygens (including phenoxy) is 2. The highest BCUT2D eigenvalue weighted by atomic mass is 127. The summed E-state index contributed by atoms with van der Waals surface area (Å²) >= 11 is 8.49. The Bertz CT molecular complexity index is 779. The third kappa shape index (κ3) is 5.88. The number of halogens is 2. The summed E-state index contributed by atoms with van der Waals surface area (Å²) in [6, 6.07) is 10.7. The van der Waals surface area contributed by atoms with Crippen molar-refractivity contribution in [2.24, 2.45) is 5.10 Å². The van der Waals surface area contributed by atoms with Gasteiger partial charge in [0.2, 0.25) is 0 Å². The van der Waals surface area contributed by atoms with Crippen molar-refractivity contribution in [2.45, 2.75) is 20.3 Å². The van der Waals surface area contributed by atoms with Crippen LogP contribution in [0.15, 0.2) is 41.5 Å². The highest BCUT2D eigenvalue weighted by Gasteiger charge is 2.12. The number of hydrogen-bond donors (Lipinski definition) is 1. The van der Waals surface area contributed by atoms with E-state index in [0.29, 0.717) is 40.9 Å². The standard InChI is InChI=1S/C19H20ClIN2O3/c1-3-9-26-18-16(20)10-13(11-17(18)25-4-2)12-22-23-19(24)14-5-7-15(21)8-6-14/h5-8,10-12H,3-4,9H2,1-2H3,(H,23,24)/b22-12-. The van der Waals surface area contributed by atoms with Crippen LogP contribution in [0, 0.1) is 3.57 Å². The van der Waals surface area contributed by atoms with E-state index < -0.39 is 0 Å². The molecule has 0 aliphatic carbocycles. The van der Waals surface area contributed by atoms with E-state index in [9.17, 15) is 4.79 Å². The third-order valence-electron chi connectivity index (χ3n) is 3.27. The molecule has 0 heterocycles. The molecule has 0 aliphatic rings. The second-order valence-electron chi connectivity index (χ2n) is 5.32. The van der Waals surface area contributed by atoms with E-state index >= 15 is 0 Å². The Balaban J connectivity index is 2.11. The maximum Gasteiger partial charge on any atom is 0.271 e. The molecular weight excluding hydrogens is 467 g/mol. The molecule has 0 aromatic heterocycles. The van der Waals surface area contributed by atoms with Crippen LogP contribution in [0.2, 0.25) is 5.02 Å². The zero-order chi connectivity index (χ0) is 18.9. The van der Waals surface area contributed by atoms with Crippen molar-refractivity contribution in [3.8, 4) is 11.5 Å². The molecule has 138 valence electrons. The Morgan fingerprint density at radius 2 is 1.96 bits per heavy atom. The summed E-state index contributed by atoms with van der Waals surface area (Å²) in [5.74, 6) is 0.797. The lowest BCUT2D eigenvalue weighted by molar-refractivity contribution is 0.0955. The molecule has 0 atom stereocenters. The Morgan fingerprint density at radius 1 is 1.23 bits per heavy atom. The van der Waals surface area contributed by atoms with Gasteiger partial charge in [-0.1, -0.05) is 18.5 Å². The van der Waals surface area contributed by atoms with E-state index in [1.54, 1.807) is 24.3 Å². The summed E-state index contributed by atoms with van der Waals surface area (Å²) in [5.41, 5.74) is 3.74. The lowest BCUT2D eigenvalue weighted by atomic mass is 10.2. The Kier molecular flexibility index (Phi) is 8.18. The zero-order valence-corrected chi connectivity index (χ0v) is 17.5. The van der Waals surface area contributed by atoms with Gasteiger partial charge >= 0.3 is 0 Å². The number of nitrogens with one attached hydrogen (secondary N) is 1. The minimum atomic E-state index is -0.281. The minimum Gasteiger partial charge on any atom is -0.490 e. The van der Waals surface area contributed by atoms with E-state index in [2.05, 4.69) is 33.1 Å². The predicted octanol–water partition coefficient (Wildman–Crippen LogP) is 4.90. The number of hydrogen-bond acceptors (Lipinski definition) is 4. The van der Waals surface area contributed by atoms with Crippen molar-refractivity contribution in [1.82, 2.24) is 5.43 Å². The second-order valence-corrected chi connectivity index (χ2v) is 6.97. The van der Waals surface area contributed by atoms with E-state index in [-0.39, 0.29) is 5.91 Å². The molecule has 2 aromatic carbocycles. The van der Waals surface area contributed by atoms with Gasteiger partial charge in [0.1, 0.15) is 0 Å². The quantitative estimate of drug-likeness (QED) is 0.328. The average molecular weight is 487 g/mol. The maximum absolute atomic E-state index is 12.1. The van der Waals surface area contributed by atoms with Crippen LogP contribution in [0.25, 0.3) is 0 Å². The molecule has 0 saturated carbocycles. The molecule has 0 saturated heterocycles. The van der Waals surface area contributed by atoms with Crippen LogP contribution < -0.4 is 14.9 Å². The first kappa shape index (κ1) is 20.5. The fourth-order valence-electron chi connectivity index (χ4n) is 2.10. The summed E-state index contributed by atoms with van der Waals surface area (Å²) in [4.78, 5) is 12.1. The van der Waals surface area contributed by atoms with Gasteiger partial charge in [0.25, 0.3) is 5.91 Å². The van der Waals surface area contributed by atoms with Gasteiger partial charge in [-0.2, -0.15) is 5.10 Å². The maximum atomic E-state index is 12.1. The number of hydrazone groups is 1. The number of nitrogens with zero attached hydrogens (tertiary/aromatic N) is 1. The van der Waals surface area contributed by atoms with Crippen LogP contribution in [-0.4, -0.2) is 25.3 Å². The predicted molar refractivity (Wildman–Crippen MR) is 113 cm³/mol. The zero-order valence-electron chi connectivity index (χ0n) is 14.6. The second kappa shape index (κ2) is 10.4. The van der Waals surface area contributed by atoms with E-state index in [1.807, 2.05) is 26.0 Å². The van der Waals surface area contributed by atoms with Gasteiger partial charge in [0, 0.05) is 9.13 Å². The molecule has 1 amide bonds. The van der Waals surface area contributed by atoms with Gasteiger partial charge in [-0.25, -0.2) is 5.43 Å². The van der Waals surface area contributed by atoms with Crippen molar-refractivity contribution in [1.29, 1.82) is 0 Å². The molecule has 1 N–H and O–H groups in total. The fraction of sp³-hybridized carbons (Fsp3) is 0.263. The lowest BCUT2D eigenvalue weighted by Gasteiger charge is -2.13. The summed E-state index contributed by atoms with van der Waals surface area (Å²) < 4.78 is 12.3. The van der Waals surface area contributed by atoms with Gasteiger partial charge in [0.15, 0.2) is 11.5 Å². The smallest absolute Gasteiger partial charge is 0.271 e. The summed E-state index contributed by atoms with van der Waals surface area (Å²) in [7, 11) is 0. The van der Waals surface area contributed by atoms with Crippen molar-refractivity contribution in [2.75, 3.05) is 13.2 Å². The Labute approximate surface area is 171 Å². The van der Waals surface area contributed by atoms with E-state index in [0.717, 1.165) is 9.99 Å². The molecule has 5 nitrogen and oxygen atoms in total. The van der Waals surface area contributed by atoms with Crippen LogP contribution >= 0.6 is 34.2 Å². The first-order chi connectivity index (χ1) is 12.5. The molecule has 0 aliphatic heterocycles. The molecule has 0 fully saturated rings. The molecule has 0 radical (unpaired) electrons. The number of benzene rings is 2. The minimum absolute atomic E-state index is 0.281. The van der Waals surface area contributed by atoms with Crippen molar-refractivity contribution in [3.63, 3.8) is 0 Å². The van der Waals surface area contributed by atoms with Crippen LogP contribution in [0.4, 0.5) is 0 Å². The molecule has 7 heteroatoms. The lowest BCUT2D eigenvalue weighted by Crippen LogP contribution is -2.17. The van der Waals surface area contributed by atoms with Crippen molar-refractivity contribution in [3.05, 3.63) is 56.1 Å². The van der Waals surface area contributed by atoms with Crippen LogP contribution in [-0.2, 0) is 0 Å². The van der Waals surface area contributed by atoms with Crippen molar-refractivity contribution < 1.29 is 14.3 Å². The molecule has 0 bridgehead atoms. The average Bonchev–Trinajstić information content (AvgIpc) is 2.62. The van der Waals surface area contributed by atoms with Crippen LogP contribution in [0.1, 0.15) is 36.2 Å². The summed E-state index contributed by atoms with van der Waals surface area (Å²) in [5, 5.41) is 4.43. The molecule has 2 rings (SSSR count). The molecule has 26 heavy (non-hydrogen) atoms. The summed E-state index contributed by atoms with van der Waals surface area (Å²) in [6.45, 7) is 4.95. The molecule has 0 spiro atoms.